The Kier molecular flexibility index (Phi) is 12.5. The van der Waals surface area contributed by atoms with Crippen molar-refractivity contribution in [1.82, 2.24) is 5.32 Å². The molecule has 0 rings (SSSR count). The number of hydrogen-bond donors (Lipinski definition) is 1. The molecule has 0 aliphatic carbocycles. The minimum Gasteiger partial charge on any atom is -0.394 e. The second-order valence-corrected chi connectivity index (χ2v) is 1.80. The first-order valence-corrected chi connectivity index (χ1v) is 3.12. The van der Waals surface area contributed by atoms with Crippen LogP contribution in [0.25, 0.3) is 0 Å². The molecular weight excluding hydrogens is 215 g/mol. The van der Waals surface area contributed by atoms with Crippen LogP contribution in [-0.2, 0) is 37.5 Å². The molecule has 0 aromatic heterocycles. The average Bonchev–Trinajstić information content (AvgIpc) is 1.87. The van der Waals surface area contributed by atoms with Crippen LogP contribution in [0.5, 0.6) is 0 Å². The van der Waals surface area contributed by atoms with Gasteiger partial charge in [0.05, 0.1) is 0 Å². The van der Waals surface area contributed by atoms with Crippen LogP contribution in [0.2, 0.25) is 0 Å². The molecule has 0 saturated heterocycles. The Morgan fingerprint density at radius 2 is 2.36 bits per heavy atom. The minimum absolute atomic E-state index is 0. The van der Waals surface area contributed by atoms with Gasteiger partial charge in [-0.3, -0.25) is 4.79 Å². The van der Waals surface area contributed by atoms with E-state index in [0.717, 1.165) is 0 Å². The first-order valence-electron chi connectivity index (χ1n) is 3.12. The van der Waals surface area contributed by atoms with E-state index in [1.165, 1.54) is 13.0 Å². The minimum atomic E-state index is -0.0153. The molecule has 1 amide bonds. The van der Waals surface area contributed by atoms with Gasteiger partial charge in [-0.25, -0.2) is 0 Å². The molecular formula is C8H11NOY-2. The predicted molar refractivity (Wildman–Crippen MR) is 40.0 cm³/mol. The second-order valence-electron chi connectivity index (χ2n) is 1.80. The van der Waals surface area contributed by atoms with Gasteiger partial charge in [0.15, 0.2) is 0 Å². The van der Waals surface area contributed by atoms with Crippen molar-refractivity contribution in [2.75, 3.05) is 6.54 Å². The molecule has 59 valence electrons. The Balaban J connectivity index is 0. The molecule has 0 spiro atoms. The largest absolute Gasteiger partial charge is 0.394 e. The molecule has 0 bridgehead atoms. The third-order valence-corrected chi connectivity index (χ3v) is 0.857. The zero-order chi connectivity index (χ0) is 7.82. The molecule has 3 heteroatoms. The van der Waals surface area contributed by atoms with Crippen LogP contribution in [0.4, 0.5) is 0 Å². The molecule has 0 aromatic carbocycles. The summed E-state index contributed by atoms with van der Waals surface area (Å²) in [4.78, 5) is 10.3. The summed E-state index contributed by atoms with van der Waals surface area (Å²) < 4.78 is 0. The van der Waals surface area contributed by atoms with Crippen molar-refractivity contribution in [3.05, 3.63) is 24.8 Å². The first-order chi connectivity index (χ1) is 4.77. The summed E-state index contributed by atoms with van der Waals surface area (Å²) in [6.07, 6.45) is 6.61. The van der Waals surface area contributed by atoms with Crippen LogP contribution >= 0.6 is 0 Å². The number of allylic oxidation sites excluding steroid dienone is 2. The van der Waals surface area contributed by atoms with E-state index in [4.69, 9.17) is 6.58 Å². The van der Waals surface area contributed by atoms with Gasteiger partial charge < -0.3 is 30.1 Å². The van der Waals surface area contributed by atoms with Crippen LogP contribution in [0.15, 0.2) is 12.2 Å². The van der Waals surface area contributed by atoms with Gasteiger partial charge in [-0.1, -0.05) is 0 Å². The summed E-state index contributed by atoms with van der Waals surface area (Å²) in [7, 11) is 0. The molecule has 0 unspecified atom stereocenters. The molecule has 0 heterocycles. The van der Waals surface area contributed by atoms with Crippen molar-refractivity contribution >= 4 is 5.91 Å². The molecule has 0 aliphatic rings. The van der Waals surface area contributed by atoms with E-state index in [0.29, 0.717) is 13.0 Å². The zero-order valence-corrected chi connectivity index (χ0v) is 9.47. The van der Waals surface area contributed by atoms with Crippen molar-refractivity contribution in [1.29, 1.82) is 0 Å². The number of amides is 1. The SMILES string of the molecule is [CH-]=CC=[C-]CCNC(C)=O.[Y]. The molecule has 0 aromatic rings. The van der Waals surface area contributed by atoms with E-state index in [2.05, 4.69) is 11.4 Å². The summed E-state index contributed by atoms with van der Waals surface area (Å²) in [6.45, 7) is 7.15. The van der Waals surface area contributed by atoms with Crippen molar-refractivity contribution in [2.24, 2.45) is 0 Å². The van der Waals surface area contributed by atoms with Gasteiger partial charge in [-0.2, -0.15) is 0 Å². The fourth-order valence-corrected chi connectivity index (χ4v) is 0.462. The summed E-state index contributed by atoms with van der Waals surface area (Å²) >= 11 is 0. The van der Waals surface area contributed by atoms with Crippen molar-refractivity contribution in [3.8, 4) is 0 Å². The Morgan fingerprint density at radius 1 is 1.73 bits per heavy atom. The molecule has 1 N–H and O–H groups in total. The number of carbonyl (C=O) groups is 1. The van der Waals surface area contributed by atoms with E-state index in [9.17, 15) is 4.79 Å². The molecule has 2 nitrogen and oxygen atoms in total. The zero-order valence-electron chi connectivity index (χ0n) is 6.63. The third-order valence-electron chi connectivity index (χ3n) is 0.857. The van der Waals surface area contributed by atoms with Gasteiger partial charge in [0, 0.05) is 46.2 Å². The average molecular weight is 226 g/mol. The second kappa shape index (κ2) is 10.1. The van der Waals surface area contributed by atoms with Crippen LogP contribution in [-0.4, -0.2) is 12.5 Å². The van der Waals surface area contributed by atoms with E-state index in [1.807, 2.05) is 0 Å². The number of hydrogen-bond acceptors (Lipinski definition) is 1. The molecule has 0 fully saturated rings. The third kappa shape index (κ3) is 13.1. The van der Waals surface area contributed by atoms with Crippen LogP contribution in [0, 0.1) is 12.7 Å². The van der Waals surface area contributed by atoms with E-state index < -0.39 is 0 Å². The number of nitrogens with one attached hydrogen (secondary N) is 1. The van der Waals surface area contributed by atoms with Gasteiger partial charge >= 0.3 is 0 Å². The normalized spacial score (nSPS) is 8.82. The van der Waals surface area contributed by atoms with E-state index in [-0.39, 0.29) is 38.6 Å². The van der Waals surface area contributed by atoms with E-state index >= 15 is 0 Å². The van der Waals surface area contributed by atoms with Crippen molar-refractivity contribution in [2.45, 2.75) is 13.3 Å². The van der Waals surface area contributed by atoms with Gasteiger partial charge in [-0.05, 0) is 0 Å². The van der Waals surface area contributed by atoms with Crippen molar-refractivity contribution in [3.63, 3.8) is 0 Å². The maximum Gasteiger partial charge on any atom is 0.216 e. The molecule has 0 aliphatic heterocycles. The fraction of sp³-hybridized carbons (Fsp3) is 0.375. The molecule has 0 saturated carbocycles. The van der Waals surface area contributed by atoms with Crippen molar-refractivity contribution < 1.29 is 37.5 Å². The van der Waals surface area contributed by atoms with Gasteiger partial charge in [0.1, 0.15) is 0 Å². The molecule has 0 atom stereocenters. The predicted octanol–water partition coefficient (Wildman–Crippen LogP) is 0.859. The van der Waals surface area contributed by atoms with Crippen LogP contribution < -0.4 is 5.32 Å². The number of carbonyl (C=O) groups excluding carboxylic acids is 1. The Labute approximate surface area is 93.0 Å². The maximum atomic E-state index is 10.3. The van der Waals surface area contributed by atoms with Crippen LogP contribution in [0.1, 0.15) is 13.3 Å². The Morgan fingerprint density at radius 3 is 2.82 bits per heavy atom. The molecule has 11 heavy (non-hydrogen) atoms. The van der Waals surface area contributed by atoms with E-state index in [1.54, 1.807) is 6.08 Å². The first kappa shape index (κ1) is 13.6. The maximum absolute atomic E-state index is 10.3. The summed E-state index contributed by atoms with van der Waals surface area (Å²) in [5, 5.41) is 2.63. The molecule has 1 radical (unpaired) electrons. The topological polar surface area (TPSA) is 29.1 Å². The standard InChI is InChI=1S/C8H11NO.Y/c1-3-4-5-6-7-9-8(2)10;/h1,3-4H,6-7H2,2H3,(H,9,10);/q-2;. The Hall–Kier alpha value is 0.0539. The van der Waals surface area contributed by atoms with Crippen LogP contribution in [0.3, 0.4) is 0 Å². The smallest absolute Gasteiger partial charge is 0.216 e. The monoisotopic (exact) mass is 226 g/mol. The fourth-order valence-electron chi connectivity index (χ4n) is 0.462. The summed E-state index contributed by atoms with van der Waals surface area (Å²) in [5.41, 5.74) is 0. The summed E-state index contributed by atoms with van der Waals surface area (Å²) in [6, 6.07) is 0. The number of rotatable bonds is 4. The summed E-state index contributed by atoms with van der Waals surface area (Å²) in [5.74, 6) is -0.0153. The van der Waals surface area contributed by atoms with Gasteiger partial charge in [0.2, 0.25) is 5.91 Å². The quantitative estimate of drug-likeness (QED) is 0.430. The van der Waals surface area contributed by atoms with Gasteiger partial charge in [-0.15, -0.1) is 6.42 Å². The van der Waals surface area contributed by atoms with Gasteiger partial charge in [0.25, 0.3) is 0 Å². The Bertz CT molecular complexity index is 143.